The molecule has 3 aromatic carbocycles. The molecular formula is C24H25N3O3. The van der Waals surface area contributed by atoms with Crippen LogP contribution in [0, 0.1) is 0 Å². The first-order chi connectivity index (χ1) is 14.4. The average Bonchev–Trinajstić information content (AvgIpc) is 2.73. The number of hydrogen-bond acceptors (Lipinski definition) is 3. The van der Waals surface area contributed by atoms with Crippen LogP contribution in [-0.4, -0.2) is 29.8 Å². The van der Waals surface area contributed by atoms with Gasteiger partial charge < -0.3 is 16.4 Å². The fourth-order valence-corrected chi connectivity index (χ4v) is 3.49. The van der Waals surface area contributed by atoms with Crippen LogP contribution < -0.4 is 16.4 Å². The Morgan fingerprint density at radius 2 is 1.47 bits per heavy atom. The molecule has 6 heteroatoms. The Morgan fingerprint density at radius 1 is 0.800 bits per heavy atom. The number of nitrogens with two attached hydrogens (primary N) is 1. The van der Waals surface area contributed by atoms with Gasteiger partial charge in [0.2, 0.25) is 17.7 Å². The van der Waals surface area contributed by atoms with Gasteiger partial charge in [-0.25, -0.2) is 0 Å². The summed E-state index contributed by atoms with van der Waals surface area (Å²) in [6, 6.07) is 21.3. The highest BCUT2D eigenvalue weighted by Crippen LogP contribution is 2.20. The van der Waals surface area contributed by atoms with Crippen molar-refractivity contribution in [1.82, 2.24) is 10.6 Å². The summed E-state index contributed by atoms with van der Waals surface area (Å²) in [5.41, 5.74) is 7.40. The maximum Gasteiger partial charge on any atom is 0.243 e. The third-order valence-electron chi connectivity index (χ3n) is 4.94. The van der Waals surface area contributed by atoms with Crippen LogP contribution in [0.15, 0.2) is 72.8 Å². The molecule has 0 bridgehead atoms. The monoisotopic (exact) mass is 403 g/mol. The molecule has 0 unspecified atom stereocenters. The van der Waals surface area contributed by atoms with Crippen molar-refractivity contribution < 1.29 is 14.4 Å². The molecule has 30 heavy (non-hydrogen) atoms. The third kappa shape index (κ3) is 5.44. The molecule has 154 valence electrons. The smallest absolute Gasteiger partial charge is 0.243 e. The van der Waals surface area contributed by atoms with Crippen LogP contribution in [0.3, 0.4) is 0 Å². The van der Waals surface area contributed by atoms with Crippen molar-refractivity contribution in [2.24, 2.45) is 5.73 Å². The van der Waals surface area contributed by atoms with E-state index in [0.29, 0.717) is 6.42 Å². The van der Waals surface area contributed by atoms with Crippen molar-refractivity contribution >= 4 is 28.5 Å². The highest BCUT2D eigenvalue weighted by atomic mass is 16.2. The Morgan fingerprint density at radius 3 is 2.17 bits per heavy atom. The molecule has 0 heterocycles. The molecule has 0 fully saturated rings. The Kier molecular flexibility index (Phi) is 6.80. The summed E-state index contributed by atoms with van der Waals surface area (Å²) >= 11 is 0. The molecular weight excluding hydrogens is 378 g/mol. The number of hydrogen-bond donors (Lipinski definition) is 3. The Labute approximate surface area is 175 Å². The number of nitrogens with one attached hydrogen (secondary N) is 2. The van der Waals surface area contributed by atoms with E-state index in [0.717, 1.165) is 21.9 Å². The van der Waals surface area contributed by atoms with Gasteiger partial charge in [-0.05, 0) is 21.9 Å². The first-order valence-corrected chi connectivity index (χ1v) is 9.81. The lowest BCUT2D eigenvalue weighted by molar-refractivity contribution is -0.130. The van der Waals surface area contributed by atoms with Crippen molar-refractivity contribution in [2.45, 2.75) is 31.8 Å². The number of carbonyl (C=O) groups is 3. The topological polar surface area (TPSA) is 101 Å². The number of benzene rings is 3. The number of rotatable bonds is 8. The molecule has 0 aliphatic rings. The van der Waals surface area contributed by atoms with E-state index >= 15 is 0 Å². The number of primary amides is 1. The van der Waals surface area contributed by atoms with Crippen LogP contribution in [0.5, 0.6) is 0 Å². The minimum absolute atomic E-state index is 0.264. The van der Waals surface area contributed by atoms with Gasteiger partial charge in [-0.15, -0.1) is 0 Å². The van der Waals surface area contributed by atoms with Gasteiger partial charge in [0.05, 0.1) is 0 Å². The van der Waals surface area contributed by atoms with Crippen molar-refractivity contribution in [3.05, 3.63) is 83.9 Å². The van der Waals surface area contributed by atoms with Gasteiger partial charge in [0, 0.05) is 19.8 Å². The fourth-order valence-electron chi connectivity index (χ4n) is 3.49. The first kappa shape index (κ1) is 21.0. The van der Waals surface area contributed by atoms with E-state index in [-0.39, 0.29) is 12.3 Å². The van der Waals surface area contributed by atoms with E-state index < -0.39 is 23.9 Å². The van der Waals surface area contributed by atoms with Crippen LogP contribution in [0.1, 0.15) is 18.1 Å². The normalized spacial score (nSPS) is 12.7. The number of carbonyl (C=O) groups excluding carboxylic acids is 3. The lowest BCUT2D eigenvalue weighted by Crippen LogP contribution is -2.54. The molecule has 0 saturated heterocycles. The largest absolute Gasteiger partial charge is 0.368 e. The molecule has 4 N–H and O–H groups in total. The average molecular weight is 403 g/mol. The van der Waals surface area contributed by atoms with Crippen molar-refractivity contribution in [3.8, 4) is 0 Å². The molecule has 3 amide bonds. The van der Waals surface area contributed by atoms with Crippen molar-refractivity contribution in [1.29, 1.82) is 0 Å². The molecule has 3 aromatic rings. The van der Waals surface area contributed by atoms with Crippen LogP contribution >= 0.6 is 0 Å². The summed E-state index contributed by atoms with van der Waals surface area (Å²) in [5.74, 6) is -1.40. The van der Waals surface area contributed by atoms with E-state index in [2.05, 4.69) is 10.6 Å². The zero-order valence-electron chi connectivity index (χ0n) is 16.8. The van der Waals surface area contributed by atoms with Gasteiger partial charge in [0.15, 0.2) is 0 Å². The van der Waals surface area contributed by atoms with Gasteiger partial charge in [0.25, 0.3) is 0 Å². The van der Waals surface area contributed by atoms with Gasteiger partial charge in [-0.1, -0.05) is 72.8 Å². The fraction of sp³-hybridized carbons (Fsp3) is 0.208. The summed E-state index contributed by atoms with van der Waals surface area (Å²) in [6.45, 7) is 1.35. The molecule has 0 saturated carbocycles. The van der Waals surface area contributed by atoms with Crippen LogP contribution in [0.2, 0.25) is 0 Å². The molecule has 0 spiro atoms. The second kappa shape index (κ2) is 9.69. The summed E-state index contributed by atoms with van der Waals surface area (Å²) in [4.78, 5) is 36.6. The van der Waals surface area contributed by atoms with E-state index in [1.54, 1.807) is 0 Å². The lowest BCUT2D eigenvalue weighted by atomic mass is 9.98. The number of fused-ring (bicyclic) bond motifs is 1. The summed E-state index contributed by atoms with van der Waals surface area (Å²) in [5, 5.41) is 7.44. The molecule has 2 atom stereocenters. The molecule has 0 aliphatic carbocycles. The molecule has 0 aliphatic heterocycles. The predicted octanol–water partition coefficient (Wildman–Crippen LogP) is 2.10. The first-order valence-electron chi connectivity index (χ1n) is 9.81. The predicted molar refractivity (Wildman–Crippen MR) is 117 cm³/mol. The van der Waals surface area contributed by atoms with Gasteiger partial charge in [-0.3, -0.25) is 14.4 Å². The SMILES string of the molecule is CC(=O)N[C@@H](Cc1ccccc1)C(=O)N[C@H](Cc1cccc2ccccc12)C(N)=O. The van der Waals surface area contributed by atoms with Crippen molar-refractivity contribution in [2.75, 3.05) is 0 Å². The number of amides is 3. The van der Waals surface area contributed by atoms with E-state index in [1.807, 2.05) is 72.8 Å². The minimum atomic E-state index is -0.893. The van der Waals surface area contributed by atoms with Gasteiger partial charge in [0.1, 0.15) is 12.1 Å². The Balaban J connectivity index is 1.79. The highest BCUT2D eigenvalue weighted by Gasteiger charge is 2.25. The zero-order chi connectivity index (χ0) is 21.5. The standard InChI is InChI=1S/C24H25N3O3/c1-16(28)26-22(14-17-8-3-2-4-9-17)24(30)27-21(23(25)29)15-19-12-7-11-18-10-5-6-13-20(18)19/h2-13,21-22H,14-15H2,1H3,(H2,25,29)(H,26,28)(H,27,30)/t21-,22+/m1/s1. The zero-order valence-corrected chi connectivity index (χ0v) is 16.8. The Bertz CT molecular complexity index is 1040. The second-order valence-corrected chi connectivity index (χ2v) is 7.25. The maximum atomic E-state index is 12.9. The third-order valence-corrected chi connectivity index (χ3v) is 4.94. The van der Waals surface area contributed by atoms with Gasteiger partial charge in [-0.2, -0.15) is 0 Å². The van der Waals surface area contributed by atoms with Gasteiger partial charge >= 0.3 is 0 Å². The van der Waals surface area contributed by atoms with Crippen LogP contribution in [0.4, 0.5) is 0 Å². The van der Waals surface area contributed by atoms with Crippen LogP contribution in [0.25, 0.3) is 10.8 Å². The molecule has 0 radical (unpaired) electrons. The van der Waals surface area contributed by atoms with Crippen molar-refractivity contribution in [3.63, 3.8) is 0 Å². The summed E-state index contributed by atoms with van der Waals surface area (Å²) in [7, 11) is 0. The second-order valence-electron chi connectivity index (χ2n) is 7.25. The maximum absolute atomic E-state index is 12.9. The van der Waals surface area contributed by atoms with E-state index in [4.69, 9.17) is 5.73 Å². The molecule has 6 nitrogen and oxygen atoms in total. The molecule has 0 aromatic heterocycles. The van der Waals surface area contributed by atoms with E-state index in [1.165, 1.54) is 6.92 Å². The van der Waals surface area contributed by atoms with E-state index in [9.17, 15) is 14.4 Å². The highest BCUT2D eigenvalue weighted by molar-refractivity contribution is 5.92. The Hall–Kier alpha value is -3.67. The molecule has 3 rings (SSSR count). The lowest BCUT2D eigenvalue weighted by Gasteiger charge is -2.22. The van der Waals surface area contributed by atoms with Crippen LogP contribution in [-0.2, 0) is 27.2 Å². The summed E-state index contributed by atoms with van der Waals surface area (Å²) in [6.07, 6.45) is 0.576. The summed E-state index contributed by atoms with van der Waals surface area (Å²) < 4.78 is 0. The quantitative estimate of drug-likeness (QED) is 0.537. The minimum Gasteiger partial charge on any atom is -0.368 e.